The quantitative estimate of drug-likeness (QED) is 0.821. The zero-order valence-corrected chi connectivity index (χ0v) is 11.0. The summed E-state index contributed by atoms with van der Waals surface area (Å²) in [6, 6.07) is 1.62. The minimum Gasteiger partial charge on any atom is -0.381 e. The second-order valence-electron chi connectivity index (χ2n) is 4.03. The van der Waals surface area contributed by atoms with Gasteiger partial charge in [0.15, 0.2) is 0 Å². The number of hydrogen-bond acceptors (Lipinski definition) is 5. The molecule has 1 aromatic heterocycles. The third kappa shape index (κ3) is 3.26. The van der Waals surface area contributed by atoms with Gasteiger partial charge in [0.2, 0.25) is 10.0 Å². The maximum absolute atomic E-state index is 11.9. The first-order chi connectivity index (χ1) is 8.12. The van der Waals surface area contributed by atoms with Gasteiger partial charge in [-0.2, -0.15) is 0 Å². The van der Waals surface area contributed by atoms with E-state index in [0.29, 0.717) is 24.6 Å². The van der Waals surface area contributed by atoms with Gasteiger partial charge in [0.05, 0.1) is 11.5 Å². The lowest BCUT2D eigenvalue weighted by Gasteiger charge is -2.08. The van der Waals surface area contributed by atoms with E-state index in [4.69, 9.17) is 10.5 Å². The molecule has 17 heavy (non-hydrogen) atoms. The molecule has 0 bridgehead atoms. The van der Waals surface area contributed by atoms with Crippen LogP contribution in [0.5, 0.6) is 0 Å². The molecular weight excluding hydrogens is 260 g/mol. The standard InChI is InChI=1S/C10H16N2O3S2/c11-4-9-3-10(7-16-9)17(13,14)12-5-8-1-2-15-6-8/h3,7-8,12H,1-2,4-6,11H2. The molecule has 1 aliphatic heterocycles. The predicted molar refractivity (Wildman–Crippen MR) is 66.3 cm³/mol. The van der Waals surface area contributed by atoms with Crippen molar-refractivity contribution in [3.05, 3.63) is 16.3 Å². The number of thiophene rings is 1. The lowest BCUT2D eigenvalue weighted by atomic mass is 10.1. The van der Waals surface area contributed by atoms with Crippen molar-refractivity contribution in [1.82, 2.24) is 4.72 Å². The summed E-state index contributed by atoms with van der Waals surface area (Å²) < 4.78 is 31.7. The molecule has 0 saturated carbocycles. The van der Waals surface area contributed by atoms with Crippen molar-refractivity contribution in [3.63, 3.8) is 0 Å². The minimum atomic E-state index is -3.39. The van der Waals surface area contributed by atoms with E-state index in [0.717, 1.165) is 17.9 Å². The van der Waals surface area contributed by atoms with Crippen molar-refractivity contribution in [1.29, 1.82) is 0 Å². The van der Waals surface area contributed by atoms with Crippen LogP contribution in [0, 0.1) is 5.92 Å². The van der Waals surface area contributed by atoms with Crippen LogP contribution in [-0.2, 0) is 21.3 Å². The fourth-order valence-corrected chi connectivity index (χ4v) is 3.94. The summed E-state index contributed by atoms with van der Waals surface area (Å²) in [6.07, 6.45) is 0.917. The zero-order valence-electron chi connectivity index (χ0n) is 9.39. The number of nitrogens with two attached hydrogens (primary N) is 1. The van der Waals surface area contributed by atoms with Gasteiger partial charge in [-0.1, -0.05) is 0 Å². The maximum atomic E-state index is 11.9. The highest BCUT2D eigenvalue weighted by atomic mass is 32.2. The summed E-state index contributed by atoms with van der Waals surface area (Å²) in [4.78, 5) is 1.18. The van der Waals surface area contributed by atoms with Crippen LogP contribution in [0.4, 0.5) is 0 Å². The number of sulfonamides is 1. The number of hydrogen-bond donors (Lipinski definition) is 2. The second-order valence-corrected chi connectivity index (χ2v) is 6.80. The molecule has 1 saturated heterocycles. The summed E-state index contributed by atoms with van der Waals surface area (Å²) >= 11 is 1.37. The summed E-state index contributed by atoms with van der Waals surface area (Å²) in [5.41, 5.74) is 5.46. The van der Waals surface area contributed by atoms with Crippen LogP contribution in [0.25, 0.3) is 0 Å². The van der Waals surface area contributed by atoms with Gasteiger partial charge in [0.25, 0.3) is 0 Å². The molecule has 1 unspecified atom stereocenters. The fourth-order valence-electron chi connectivity index (χ4n) is 1.66. The fraction of sp³-hybridized carbons (Fsp3) is 0.600. The minimum absolute atomic E-state index is 0.289. The summed E-state index contributed by atoms with van der Waals surface area (Å²) in [6.45, 7) is 2.18. The second kappa shape index (κ2) is 5.45. The van der Waals surface area contributed by atoms with E-state index in [1.807, 2.05) is 0 Å². The Balaban J connectivity index is 1.97. The Morgan fingerprint density at radius 1 is 1.59 bits per heavy atom. The van der Waals surface area contributed by atoms with Gasteiger partial charge in [0.1, 0.15) is 0 Å². The van der Waals surface area contributed by atoms with Crippen molar-refractivity contribution < 1.29 is 13.2 Å². The molecule has 7 heteroatoms. The smallest absolute Gasteiger partial charge is 0.241 e. The van der Waals surface area contributed by atoms with Gasteiger partial charge in [0, 0.05) is 30.0 Å². The molecule has 1 atom stereocenters. The Morgan fingerprint density at radius 3 is 3.00 bits per heavy atom. The number of ether oxygens (including phenoxy) is 1. The van der Waals surface area contributed by atoms with Crippen molar-refractivity contribution in [2.24, 2.45) is 11.7 Å². The lowest BCUT2D eigenvalue weighted by Crippen LogP contribution is -2.29. The first-order valence-corrected chi connectivity index (χ1v) is 7.83. The molecule has 3 N–H and O–H groups in total. The number of rotatable bonds is 5. The first-order valence-electron chi connectivity index (χ1n) is 5.46. The van der Waals surface area contributed by atoms with E-state index in [1.54, 1.807) is 11.4 Å². The third-order valence-corrected chi connectivity index (χ3v) is 5.24. The summed E-state index contributed by atoms with van der Waals surface area (Å²) in [7, 11) is -3.39. The molecule has 0 aliphatic carbocycles. The molecule has 1 fully saturated rings. The lowest BCUT2D eigenvalue weighted by molar-refractivity contribution is 0.186. The van der Waals surface area contributed by atoms with Crippen molar-refractivity contribution in [3.8, 4) is 0 Å². The van der Waals surface area contributed by atoms with Crippen LogP contribution in [0.15, 0.2) is 16.3 Å². The molecule has 0 spiro atoms. The van der Waals surface area contributed by atoms with Crippen molar-refractivity contribution in [2.45, 2.75) is 17.9 Å². The third-order valence-electron chi connectivity index (χ3n) is 2.73. The molecule has 0 amide bonds. The van der Waals surface area contributed by atoms with Crippen molar-refractivity contribution in [2.75, 3.05) is 19.8 Å². The van der Waals surface area contributed by atoms with E-state index in [1.165, 1.54) is 11.3 Å². The molecule has 96 valence electrons. The van der Waals surface area contributed by atoms with Gasteiger partial charge in [-0.3, -0.25) is 0 Å². The monoisotopic (exact) mass is 276 g/mol. The summed E-state index contributed by atoms with van der Waals surface area (Å²) in [5.74, 6) is 0.289. The molecule has 2 rings (SSSR count). The average molecular weight is 276 g/mol. The predicted octanol–water partition coefficient (Wildman–Crippen LogP) is 0.522. The van der Waals surface area contributed by atoms with E-state index in [2.05, 4.69) is 4.72 Å². The molecule has 1 aliphatic rings. The van der Waals surface area contributed by atoms with Gasteiger partial charge in [-0.05, 0) is 18.4 Å². The highest BCUT2D eigenvalue weighted by Gasteiger charge is 2.20. The van der Waals surface area contributed by atoms with Crippen LogP contribution >= 0.6 is 11.3 Å². The number of nitrogens with one attached hydrogen (secondary N) is 1. The Hall–Kier alpha value is -0.470. The Labute approximate surface area is 105 Å². The van der Waals surface area contributed by atoms with E-state index >= 15 is 0 Å². The van der Waals surface area contributed by atoms with Crippen LogP contribution in [-0.4, -0.2) is 28.2 Å². The van der Waals surface area contributed by atoms with E-state index < -0.39 is 10.0 Å². The molecule has 0 aromatic carbocycles. The molecular formula is C10H16N2O3S2. The van der Waals surface area contributed by atoms with Gasteiger partial charge in [-0.15, -0.1) is 11.3 Å². The zero-order chi connectivity index (χ0) is 12.3. The Morgan fingerprint density at radius 2 is 2.41 bits per heavy atom. The van der Waals surface area contributed by atoms with Gasteiger partial charge in [-0.25, -0.2) is 13.1 Å². The molecule has 0 radical (unpaired) electrons. The van der Waals surface area contributed by atoms with Crippen LogP contribution in [0.2, 0.25) is 0 Å². The molecule has 2 heterocycles. The Bertz CT molecular complexity index is 464. The SMILES string of the molecule is NCc1cc(S(=O)(=O)NCC2CCOC2)cs1. The molecule has 1 aromatic rings. The normalized spacial score (nSPS) is 20.9. The van der Waals surface area contributed by atoms with Gasteiger partial charge >= 0.3 is 0 Å². The van der Waals surface area contributed by atoms with Crippen LogP contribution in [0.3, 0.4) is 0 Å². The van der Waals surface area contributed by atoms with E-state index in [-0.39, 0.29) is 5.92 Å². The summed E-state index contributed by atoms with van der Waals surface area (Å²) in [5, 5.41) is 1.62. The first kappa shape index (κ1) is 13.0. The van der Waals surface area contributed by atoms with Crippen molar-refractivity contribution >= 4 is 21.4 Å². The topological polar surface area (TPSA) is 81.4 Å². The average Bonchev–Trinajstić information content (AvgIpc) is 2.98. The largest absolute Gasteiger partial charge is 0.381 e. The van der Waals surface area contributed by atoms with Crippen LogP contribution in [0.1, 0.15) is 11.3 Å². The highest BCUT2D eigenvalue weighted by Crippen LogP contribution is 2.19. The Kier molecular flexibility index (Phi) is 4.16. The maximum Gasteiger partial charge on any atom is 0.241 e. The van der Waals surface area contributed by atoms with Crippen LogP contribution < -0.4 is 10.5 Å². The molecule has 5 nitrogen and oxygen atoms in total. The van der Waals surface area contributed by atoms with E-state index in [9.17, 15) is 8.42 Å². The van der Waals surface area contributed by atoms with Gasteiger partial charge < -0.3 is 10.5 Å². The highest BCUT2D eigenvalue weighted by molar-refractivity contribution is 7.89.